The van der Waals surface area contributed by atoms with Crippen LogP contribution in [0.2, 0.25) is 0 Å². The van der Waals surface area contributed by atoms with Crippen LogP contribution in [-0.2, 0) is 11.3 Å². The van der Waals surface area contributed by atoms with Gasteiger partial charge in [0.25, 0.3) is 0 Å². The van der Waals surface area contributed by atoms with Crippen LogP contribution in [0.3, 0.4) is 0 Å². The van der Waals surface area contributed by atoms with E-state index in [0.717, 1.165) is 11.3 Å². The maximum atomic E-state index is 13.2. The summed E-state index contributed by atoms with van der Waals surface area (Å²) in [7, 11) is 1.59. The van der Waals surface area contributed by atoms with Crippen molar-refractivity contribution >= 4 is 23.4 Å². The molecule has 3 aromatic rings. The van der Waals surface area contributed by atoms with E-state index in [9.17, 15) is 9.18 Å². The number of amides is 1. The van der Waals surface area contributed by atoms with Gasteiger partial charge < -0.3 is 10.1 Å². The van der Waals surface area contributed by atoms with Crippen molar-refractivity contribution in [3.8, 4) is 17.1 Å². The lowest BCUT2D eigenvalue weighted by atomic mass is 10.2. The van der Waals surface area contributed by atoms with E-state index in [-0.39, 0.29) is 17.5 Å². The summed E-state index contributed by atoms with van der Waals surface area (Å²) in [6, 6.07) is 13.1. The van der Waals surface area contributed by atoms with Crippen molar-refractivity contribution in [3.05, 3.63) is 67.0 Å². The zero-order chi connectivity index (χ0) is 19.9. The second-order valence-electron chi connectivity index (χ2n) is 5.78. The number of ether oxygens (including phenoxy) is 1. The Balaban J connectivity index is 1.68. The Morgan fingerprint density at radius 2 is 1.93 bits per heavy atom. The number of hydrogen-bond donors (Lipinski definition) is 1. The van der Waals surface area contributed by atoms with Crippen molar-refractivity contribution in [1.82, 2.24) is 14.8 Å². The molecule has 0 saturated heterocycles. The third kappa shape index (κ3) is 4.77. The van der Waals surface area contributed by atoms with E-state index >= 15 is 0 Å². The van der Waals surface area contributed by atoms with Gasteiger partial charge in [0.05, 0.1) is 12.9 Å². The molecule has 0 saturated carbocycles. The molecule has 0 spiro atoms. The van der Waals surface area contributed by atoms with Gasteiger partial charge in [-0.25, -0.2) is 4.39 Å². The van der Waals surface area contributed by atoms with Crippen molar-refractivity contribution in [3.63, 3.8) is 0 Å². The van der Waals surface area contributed by atoms with Crippen molar-refractivity contribution in [2.75, 3.05) is 18.2 Å². The number of carbonyl (C=O) groups excluding carboxylic acids is 1. The highest BCUT2D eigenvalue weighted by molar-refractivity contribution is 7.99. The van der Waals surface area contributed by atoms with Crippen LogP contribution < -0.4 is 10.1 Å². The number of anilines is 1. The molecule has 6 nitrogen and oxygen atoms in total. The molecule has 2 aromatic carbocycles. The first kappa shape index (κ1) is 19.6. The Bertz CT molecular complexity index is 955. The average Bonchev–Trinajstić information content (AvgIpc) is 3.10. The topological polar surface area (TPSA) is 69.0 Å². The van der Waals surface area contributed by atoms with Crippen LogP contribution in [-0.4, -0.2) is 33.5 Å². The number of carbonyl (C=O) groups is 1. The lowest BCUT2D eigenvalue weighted by Gasteiger charge is -2.08. The summed E-state index contributed by atoms with van der Waals surface area (Å²) in [6.07, 6.45) is 1.72. The first-order chi connectivity index (χ1) is 13.6. The number of allylic oxidation sites excluding steroid dienone is 1. The third-order valence-corrected chi connectivity index (χ3v) is 4.80. The fourth-order valence-electron chi connectivity index (χ4n) is 2.50. The number of rotatable bonds is 8. The summed E-state index contributed by atoms with van der Waals surface area (Å²) in [4.78, 5) is 12.2. The Kier molecular flexibility index (Phi) is 6.44. The predicted octanol–water partition coefficient (Wildman–Crippen LogP) is 4.01. The number of thioether (sulfide) groups is 1. The molecule has 8 heteroatoms. The summed E-state index contributed by atoms with van der Waals surface area (Å²) in [5.74, 6) is 1.01. The standard InChI is InChI=1S/C20H19FN4O2S/c1-3-12-25-19(14-4-6-15(21)7-5-14)23-24-20(25)28-13-18(26)22-16-8-10-17(27-2)11-9-16/h3-11H,1,12-13H2,2H3,(H,22,26). The molecule has 1 aromatic heterocycles. The van der Waals surface area contributed by atoms with E-state index in [1.165, 1.54) is 23.9 Å². The van der Waals surface area contributed by atoms with Gasteiger partial charge in [-0.05, 0) is 48.5 Å². The van der Waals surface area contributed by atoms with Crippen molar-refractivity contribution in [1.29, 1.82) is 0 Å². The second kappa shape index (κ2) is 9.18. The normalized spacial score (nSPS) is 10.5. The molecule has 1 heterocycles. The van der Waals surface area contributed by atoms with Crippen LogP contribution in [0.25, 0.3) is 11.4 Å². The molecule has 28 heavy (non-hydrogen) atoms. The summed E-state index contributed by atoms with van der Waals surface area (Å²) in [6.45, 7) is 4.23. The first-order valence-corrected chi connectivity index (χ1v) is 9.46. The Hall–Kier alpha value is -3.13. The largest absolute Gasteiger partial charge is 0.497 e. The molecule has 144 valence electrons. The highest BCUT2D eigenvalue weighted by atomic mass is 32.2. The first-order valence-electron chi connectivity index (χ1n) is 8.47. The molecule has 0 bridgehead atoms. The minimum absolute atomic E-state index is 0.161. The third-order valence-electron chi connectivity index (χ3n) is 3.84. The molecular formula is C20H19FN4O2S. The van der Waals surface area contributed by atoms with Crippen molar-refractivity contribution < 1.29 is 13.9 Å². The zero-order valence-corrected chi connectivity index (χ0v) is 16.1. The maximum absolute atomic E-state index is 13.2. The van der Waals surface area contributed by atoms with Crippen LogP contribution >= 0.6 is 11.8 Å². The van der Waals surface area contributed by atoms with Crippen LogP contribution in [0.5, 0.6) is 5.75 Å². The molecule has 0 unspecified atom stereocenters. The van der Waals surface area contributed by atoms with Crippen LogP contribution in [0, 0.1) is 5.82 Å². The fraction of sp³-hybridized carbons (Fsp3) is 0.150. The number of halogens is 1. The molecule has 0 aliphatic rings. The molecule has 1 N–H and O–H groups in total. The summed E-state index contributed by atoms with van der Waals surface area (Å²) < 4.78 is 20.1. The Morgan fingerprint density at radius 3 is 2.57 bits per heavy atom. The smallest absolute Gasteiger partial charge is 0.234 e. The number of nitrogens with zero attached hydrogens (tertiary/aromatic N) is 3. The highest BCUT2D eigenvalue weighted by Gasteiger charge is 2.15. The maximum Gasteiger partial charge on any atom is 0.234 e. The summed E-state index contributed by atoms with van der Waals surface area (Å²) in [5.41, 5.74) is 1.43. The van der Waals surface area contributed by atoms with Gasteiger partial charge in [-0.2, -0.15) is 0 Å². The number of methoxy groups -OCH3 is 1. The minimum atomic E-state index is -0.316. The number of aromatic nitrogens is 3. The summed E-state index contributed by atoms with van der Waals surface area (Å²) >= 11 is 1.27. The predicted molar refractivity (Wildman–Crippen MR) is 108 cm³/mol. The van der Waals surface area contributed by atoms with Crippen molar-refractivity contribution in [2.45, 2.75) is 11.7 Å². The summed E-state index contributed by atoms with van der Waals surface area (Å²) in [5, 5.41) is 11.8. The van der Waals surface area contributed by atoms with E-state index in [2.05, 4.69) is 22.1 Å². The van der Waals surface area contributed by atoms with Crippen LogP contribution in [0.1, 0.15) is 0 Å². The van der Waals surface area contributed by atoms with Gasteiger partial charge in [0, 0.05) is 17.8 Å². The Labute approximate surface area is 166 Å². The van der Waals surface area contributed by atoms with Gasteiger partial charge in [0.1, 0.15) is 11.6 Å². The van der Waals surface area contributed by atoms with E-state index in [1.54, 1.807) is 49.6 Å². The molecular weight excluding hydrogens is 379 g/mol. The monoisotopic (exact) mass is 398 g/mol. The second-order valence-corrected chi connectivity index (χ2v) is 6.72. The molecule has 0 aliphatic heterocycles. The molecule has 3 rings (SSSR count). The highest BCUT2D eigenvalue weighted by Crippen LogP contribution is 2.24. The number of hydrogen-bond acceptors (Lipinski definition) is 5. The van der Waals surface area contributed by atoms with E-state index in [0.29, 0.717) is 23.2 Å². The van der Waals surface area contributed by atoms with Gasteiger partial charge in [0.2, 0.25) is 5.91 Å². The van der Waals surface area contributed by atoms with E-state index in [4.69, 9.17) is 4.74 Å². The molecule has 0 aliphatic carbocycles. The van der Waals surface area contributed by atoms with Gasteiger partial charge in [-0.15, -0.1) is 16.8 Å². The molecule has 0 atom stereocenters. The van der Waals surface area contributed by atoms with Gasteiger partial charge in [0.15, 0.2) is 11.0 Å². The average molecular weight is 398 g/mol. The number of benzene rings is 2. The van der Waals surface area contributed by atoms with Crippen molar-refractivity contribution in [2.24, 2.45) is 0 Å². The molecule has 1 amide bonds. The van der Waals surface area contributed by atoms with E-state index < -0.39 is 0 Å². The quantitative estimate of drug-likeness (QED) is 0.459. The lowest BCUT2D eigenvalue weighted by Crippen LogP contribution is -2.14. The minimum Gasteiger partial charge on any atom is -0.497 e. The Morgan fingerprint density at radius 1 is 1.21 bits per heavy atom. The van der Waals surface area contributed by atoms with Gasteiger partial charge >= 0.3 is 0 Å². The van der Waals surface area contributed by atoms with Gasteiger partial charge in [-0.1, -0.05) is 17.8 Å². The van der Waals surface area contributed by atoms with E-state index in [1.807, 2.05) is 4.57 Å². The van der Waals surface area contributed by atoms with Crippen LogP contribution in [0.4, 0.5) is 10.1 Å². The fourth-order valence-corrected chi connectivity index (χ4v) is 3.25. The SMILES string of the molecule is C=CCn1c(SCC(=O)Nc2ccc(OC)cc2)nnc1-c1ccc(F)cc1. The van der Waals surface area contributed by atoms with Gasteiger partial charge in [-0.3, -0.25) is 9.36 Å². The molecule has 0 radical (unpaired) electrons. The number of nitrogens with one attached hydrogen (secondary N) is 1. The zero-order valence-electron chi connectivity index (χ0n) is 15.3. The lowest BCUT2D eigenvalue weighted by molar-refractivity contribution is -0.113. The van der Waals surface area contributed by atoms with Crippen LogP contribution in [0.15, 0.2) is 66.3 Å². The molecule has 0 fully saturated rings.